The molecule has 4 rings (SSSR count). The van der Waals surface area contributed by atoms with Gasteiger partial charge in [-0.3, -0.25) is 4.79 Å². The van der Waals surface area contributed by atoms with Gasteiger partial charge in [-0.1, -0.05) is 47.5 Å². The van der Waals surface area contributed by atoms with Gasteiger partial charge in [0, 0.05) is 50.9 Å². The maximum Gasteiger partial charge on any atom is 0.244 e. The van der Waals surface area contributed by atoms with Gasteiger partial charge in [0.15, 0.2) is 0 Å². The second-order valence-corrected chi connectivity index (χ2v) is 9.85. The summed E-state index contributed by atoms with van der Waals surface area (Å²) < 4.78 is 29.3. The maximum atomic E-state index is 12.9. The number of amides is 1. The number of carbonyl (C=O) groups excluding carboxylic acids is 1. The molecule has 1 aliphatic rings. The van der Waals surface area contributed by atoms with E-state index < -0.39 is 10.0 Å². The number of hydrogen-bond acceptors (Lipinski definition) is 3. The van der Waals surface area contributed by atoms with Gasteiger partial charge in [-0.15, -0.1) is 0 Å². The van der Waals surface area contributed by atoms with Crippen molar-refractivity contribution in [2.24, 2.45) is 0 Å². The van der Waals surface area contributed by atoms with Gasteiger partial charge in [0.2, 0.25) is 15.9 Å². The average Bonchev–Trinajstić information content (AvgIpc) is 3.17. The Labute approximate surface area is 185 Å². The minimum absolute atomic E-state index is 0.00377. The van der Waals surface area contributed by atoms with Crippen LogP contribution in [-0.4, -0.2) is 54.3 Å². The van der Waals surface area contributed by atoms with Gasteiger partial charge in [0.05, 0.1) is 10.0 Å². The van der Waals surface area contributed by atoms with E-state index in [0.717, 1.165) is 10.9 Å². The highest BCUT2D eigenvalue weighted by Gasteiger charge is 2.31. The Balaban J connectivity index is 1.37. The number of fused-ring (bicyclic) bond motifs is 1. The minimum atomic E-state index is -3.76. The Hall–Kier alpha value is -2.06. The first-order chi connectivity index (χ1) is 14.4. The Morgan fingerprint density at radius 1 is 0.933 bits per heavy atom. The molecule has 2 heterocycles. The predicted molar refractivity (Wildman–Crippen MR) is 118 cm³/mol. The highest BCUT2D eigenvalue weighted by molar-refractivity contribution is 7.89. The van der Waals surface area contributed by atoms with Crippen LogP contribution in [0.15, 0.2) is 59.6 Å². The molecule has 0 aliphatic carbocycles. The van der Waals surface area contributed by atoms with Crippen LogP contribution in [0, 0.1) is 0 Å². The molecule has 158 valence electrons. The van der Waals surface area contributed by atoms with E-state index in [1.807, 2.05) is 36.5 Å². The van der Waals surface area contributed by atoms with Crippen LogP contribution in [0.2, 0.25) is 10.0 Å². The van der Waals surface area contributed by atoms with Crippen LogP contribution in [0.5, 0.6) is 0 Å². The first-order valence-corrected chi connectivity index (χ1v) is 11.8. The monoisotopic (exact) mass is 465 g/mol. The summed E-state index contributed by atoms with van der Waals surface area (Å²) >= 11 is 12.1. The van der Waals surface area contributed by atoms with Gasteiger partial charge in [-0.05, 0) is 29.7 Å². The van der Waals surface area contributed by atoms with Crippen molar-refractivity contribution in [3.05, 3.63) is 64.8 Å². The number of sulfonamides is 1. The first kappa shape index (κ1) is 21.2. The van der Waals surface area contributed by atoms with Crippen molar-refractivity contribution in [1.82, 2.24) is 13.8 Å². The van der Waals surface area contributed by atoms with E-state index in [-0.39, 0.29) is 33.9 Å². The lowest BCUT2D eigenvalue weighted by Gasteiger charge is -2.34. The summed E-state index contributed by atoms with van der Waals surface area (Å²) in [6, 6.07) is 14.6. The van der Waals surface area contributed by atoms with Gasteiger partial charge in [-0.2, -0.15) is 4.31 Å². The number of hydrogen-bond donors (Lipinski definition) is 0. The summed E-state index contributed by atoms with van der Waals surface area (Å²) in [5.74, 6) is 0.0191. The van der Waals surface area contributed by atoms with Crippen LogP contribution in [0.4, 0.5) is 0 Å². The lowest BCUT2D eigenvalue weighted by atomic mass is 10.2. The number of nitrogens with zero attached hydrogens (tertiary/aromatic N) is 3. The molecule has 1 aliphatic heterocycles. The van der Waals surface area contributed by atoms with Gasteiger partial charge in [0.25, 0.3) is 0 Å². The van der Waals surface area contributed by atoms with Crippen molar-refractivity contribution in [2.75, 3.05) is 26.2 Å². The first-order valence-electron chi connectivity index (χ1n) is 9.64. The van der Waals surface area contributed by atoms with E-state index in [1.165, 1.54) is 10.4 Å². The highest BCUT2D eigenvalue weighted by Crippen LogP contribution is 2.31. The lowest BCUT2D eigenvalue weighted by molar-refractivity contribution is -0.132. The van der Waals surface area contributed by atoms with Gasteiger partial charge >= 0.3 is 0 Å². The predicted octanol–water partition coefficient (Wildman–Crippen LogP) is 3.87. The summed E-state index contributed by atoms with van der Waals surface area (Å²) in [5.41, 5.74) is 1.10. The fraction of sp³-hybridized carbons (Fsp3) is 0.286. The van der Waals surface area contributed by atoms with Crippen LogP contribution < -0.4 is 0 Å². The van der Waals surface area contributed by atoms with E-state index in [9.17, 15) is 13.2 Å². The second kappa shape index (κ2) is 8.59. The molecule has 0 N–H and O–H groups in total. The van der Waals surface area contributed by atoms with Crippen LogP contribution in [0.3, 0.4) is 0 Å². The molecule has 3 aromatic rings. The minimum Gasteiger partial charge on any atom is -0.347 e. The zero-order chi connectivity index (χ0) is 21.3. The van der Waals surface area contributed by atoms with Crippen LogP contribution in [0.25, 0.3) is 10.9 Å². The topological polar surface area (TPSA) is 62.6 Å². The Kier molecular flexibility index (Phi) is 6.06. The molecule has 0 spiro atoms. The zero-order valence-electron chi connectivity index (χ0n) is 16.2. The third-order valence-corrected chi connectivity index (χ3v) is 8.24. The summed E-state index contributed by atoms with van der Waals surface area (Å²) in [7, 11) is -3.76. The molecule has 1 fully saturated rings. The summed E-state index contributed by atoms with van der Waals surface area (Å²) in [5, 5.41) is 1.36. The highest BCUT2D eigenvalue weighted by atomic mass is 35.5. The molecule has 0 radical (unpaired) electrons. The normalized spacial score (nSPS) is 15.6. The second-order valence-electron chi connectivity index (χ2n) is 7.15. The van der Waals surface area contributed by atoms with Gasteiger partial charge in [0.1, 0.15) is 4.90 Å². The van der Waals surface area contributed by atoms with Crippen molar-refractivity contribution in [2.45, 2.75) is 17.9 Å². The van der Waals surface area contributed by atoms with Crippen LogP contribution in [-0.2, 0) is 21.4 Å². The third kappa shape index (κ3) is 4.07. The molecule has 2 aromatic carbocycles. The molecule has 6 nitrogen and oxygen atoms in total. The van der Waals surface area contributed by atoms with Crippen molar-refractivity contribution < 1.29 is 13.2 Å². The molecule has 0 atom stereocenters. The number of para-hydroxylation sites is 1. The fourth-order valence-corrected chi connectivity index (χ4v) is 5.87. The molecule has 1 saturated heterocycles. The quantitative estimate of drug-likeness (QED) is 0.574. The van der Waals surface area contributed by atoms with E-state index in [2.05, 4.69) is 4.57 Å². The average molecular weight is 466 g/mol. The number of aromatic nitrogens is 1. The SMILES string of the molecule is O=C(CCn1ccc2ccccc21)N1CCN(S(=O)(=O)c2cccc(Cl)c2Cl)CC1. The smallest absolute Gasteiger partial charge is 0.244 e. The Morgan fingerprint density at radius 2 is 1.67 bits per heavy atom. The van der Waals surface area contributed by atoms with Gasteiger partial charge < -0.3 is 9.47 Å². The van der Waals surface area contributed by atoms with Crippen molar-refractivity contribution >= 4 is 50.0 Å². The molecule has 0 unspecified atom stereocenters. The van der Waals surface area contributed by atoms with Crippen molar-refractivity contribution in [3.63, 3.8) is 0 Å². The van der Waals surface area contributed by atoms with Crippen molar-refractivity contribution in [1.29, 1.82) is 0 Å². The Morgan fingerprint density at radius 3 is 2.43 bits per heavy atom. The molecule has 9 heteroatoms. The molecule has 0 saturated carbocycles. The third-order valence-electron chi connectivity index (χ3n) is 5.37. The molecule has 1 aromatic heterocycles. The molecular formula is C21H21Cl2N3O3S. The van der Waals surface area contributed by atoms with E-state index in [0.29, 0.717) is 26.1 Å². The summed E-state index contributed by atoms with van der Waals surface area (Å²) in [6.45, 7) is 1.74. The van der Waals surface area contributed by atoms with E-state index in [4.69, 9.17) is 23.2 Å². The number of rotatable bonds is 5. The number of aryl methyl sites for hydroxylation is 1. The molecular weight excluding hydrogens is 445 g/mol. The van der Waals surface area contributed by atoms with E-state index in [1.54, 1.807) is 17.0 Å². The lowest BCUT2D eigenvalue weighted by Crippen LogP contribution is -2.50. The summed E-state index contributed by atoms with van der Waals surface area (Å²) in [6.07, 6.45) is 2.35. The molecule has 0 bridgehead atoms. The zero-order valence-corrected chi connectivity index (χ0v) is 18.5. The summed E-state index contributed by atoms with van der Waals surface area (Å²) in [4.78, 5) is 14.4. The number of benzene rings is 2. The largest absolute Gasteiger partial charge is 0.347 e. The van der Waals surface area contributed by atoms with Crippen molar-refractivity contribution in [3.8, 4) is 0 Å². The van der Waals surface area contributed by atoms with Crippen LogP contribution in [0.1, 0.15) is 6.42 Å². The number of piperazine rings is 1. The standard InChI is InChI=1S/C21H21Cl2N3O3S/c22-17-5-3-7-19(21(17)23)30(28,29)26-14-12-25(13-15-26)20(27)9-11-24-10-8-16-4-1-2-6-18(16)24/h1-8,10H,9,11-15H2. The van der Waals surface area contributed by atoms with Crippen LogP contribution >= 0.6 is 23.2 Å². The molecule has 30 heavy (non-hydrogen) atoms. The Bertz CT molecular complexity index is 1190. The molecule has 1 amide bonds. The maximum absolute atomic E-state index is 12.9. The van der Waals surface area contributed by atoms with E-state index >= 15 is 0 Å². The van der Waals surface area contributed by atoms with Gasteiger partial charge in [-0.25, -0.2) is 8.42 Å². The number of halogens is 2. The fourth-order valence-electron chi connectivity index (χ4n) is 3.71. The number of carbonyl (C=O) groups is 1.